The summed E-state index contributed by atoms with van der Waals surface area (Å²) >= 11 is 0. The number of ether oxygens (including phenoxy) is 1. The van der Waals surface area contributed by atoms with Crippen LogP contribution in [0.4, 0.5) is 52.7 Å². The molecule has 4 aliphatic carbocycles. The molecular weight excluding hydrogens is 1830 g/mol. The third-order valence-corrected chi connectivity index (χ3v) is 26.8. The molecule has 16 rings (SSSR count). The Labute approximate surface area is 795 Å². The SMILES string of the molecule is C=C(CNC(=O)c1cccc(C(F)(F)F)c1)NC1CN(C2CCC(Oc3ncccc3C)CC2)C1.C=C(CNC(=O)c1cccc(C(F)(F)F)c1)NC1CN(C2CCC(n3cccc(C)c3=O)CC2)C1.O=C(CNC(=O)c1cccc(C(F)(F)F)c1)NC1CN(C2CCC(n3ccc(=O)cc3)CC2)C1.O=C(CNC(=O)c1cccc(C(F)(F)F)c1)NC1CN(C2CCC(n3ccc(O)cc3=O)CC2)C1. The zero-order valence-corrected chi connectivity index (χ0v) is 77.0. The zero-order valence-electron chi connectivity index (χ0n) is 77.0. The summed E-state index contributed by atoms with van der Waals surface area (Å²) in [6.45, 7) is 17.8. The van der Waals surface area contributed by atoms with Crippen molar-refractivity contribution in [3.8, 4) is 11.6 Å². The number of alkyl halides is 12. The van der Waals surface area contributed by atoms with Crippen LogP contribution in [0, 0.1) is 13.8 Å². The van der Waals surface area contributed by atoms with E-state index in [0.717, 1.165) is 220 Å². The van der Waals surface area contributed by atoms with Crippen molar-refractivity contribution in [3.05, 3.63) is 288 Å². The molecule has 27 nitrogen and oxygen atoms in total. The number of pyridine rings is 4. The van der Waals surface area contributed by atoms with E-state index < -0.39 is 76.5 Å². The highest BCUT2D eigenvalue weighted by atomic mass is 19.4. The maximum Gasteiger partial charge on any atom is 0.416 e. The second-order valence-electron chi connectivity index (χ2n) is 36.9. The first-order valence-electron chi connectivity index (χ1n) is 46.7. The molecule has 4 aromatic heterocycles. The van der Waals surface area contributed by atoms with Crippen molar-refractivity contribution in [2.45, 2.75) is 214 Å². The van der Waals surface area contributed by atoms with Crippen LogP contribution in [0.5, 0.6) is 11.6 Å². The predicted molar refractivity (Wildman–Crippen MR) is 495 cm³/mol. The number of hydrogen-bond donors (Lipinski definition) is 9. The van der Waals surface area contributed by atoms with Gasteiger partial charge in [-0.25, -0.2) is 4.98 Å². The molecule has 8 aromatic rings. The van der Waals surface area contributed by atoms with Gasteiger partial charge in [0.2, 0.25) is 17.7 Å². The van der Waals surface area contributed by atoms with Crippen LogP contribution < -0.4 is 63.8 Å². The Kier molecular flexibility index (Phi) is 34.7. The van der Waals surface area contributed by atoms with E-state index in [9.17, 15) is 101 Å². The van der Waals surface area contributed by atoms with E-state index in [0.29, 0.717) is 54.7 Å². The third kappa shape index (κ3) is 29.3. The summed E-state index contributed by atoms with van der Waals surface area (Å²) < 4.78 is 166. The fraction of sp³-hybridized carbons (Fsp3) is 0.460. The number of benzene rings is 4. The number of hydrogen-bond acceptors (Lipinski definition) is 18. The summed E-state index contributed by atoms with van der Waals surface area (Å²) in [5.41, 5.74) is -0.905. The molecule has 0 bridgehead atoms. The minimum atomic E-state index is -4.55. The average molecular weight is 1950 g/mol. The van der Waals surface area contributed by atoms with Gasteiger partial charge in [0.25, 0.3) is 34.7 Å². The number of aryl methyl sites for hydroxylation is 2. The van der Waals surface area contributed by atoms with Crippen LogP contribution in [0.2, 0.25) is 0 Å². The first-order chi connectivity index (χ1) is 66.1. The molecule has 8 heterocycles. The first-order valence-corrected chi connectivity index (χ1v) is 46.7. The molecule has 0 spiro atoms. The van der Waals surface area contributed by atoms with Crippen molar-refractivity contribution >= 4 is 35.4 Å². The Bertz CT molecular complexity index is 5770. The quantitative estimate of drug-likeness (QED) is 0.0216. The predicted octanol–water partition coefficient (Wildman–Crippen LogP) is 13.1. The number of halogens is 12. The van der Waals surface area contributed by atoms with Crippen LogP contribution in [0.3, 0.4) is 0 Å². The van der Waals surface area contributed by atoms with Crippen LogP contribution in [0.1, 0.15) is 196 Å². The van der Waals surface area contributed by atoms with Gasteiger partial charge in [-0.2, -0.15) is 52.7 Å². The van der Waals surface area contributed by atoms with Gasteiger partial charge in [-0.05, 0) is 208 Å². The van der Waals surface area contributed by atoms with Crippen LogP contribution >= 0.6 is 0 Å². The van der Waals surface area contributed by atoms with Crippen LogP contribution in [-0.4, -0.2) is 212 Å². The molecule has 139 heavy (non-hydrogen) atoms. The smallest absolute Gasteiger partial charge is 0.416 e. The van der Waals surface area contributed by atoms with E-state index in [1.54, 1.807) is 29.1 Å². The Hall–Kier alpha value is -12.6. The minimum Gasteiger partial charge on any atom is -0.508 e. The van der Waals surface area contributed by atoms with Crippen molar-refractivity contribution in [3.63, 3.8) is 0 Å². The number of likely N-dealkylation sites (tertiary alicyclic amines) is 4. The molecular formula is C100H116F12N16O11. The fourth-order valence-corrected chi connectivity index (χ4v) is 19.1. The maximum atomic E-state index is 12.9. The summed E-state index contributed by atoms with van der Waals surface area (Å²) in [6, 6.07) is 33.5. The number of carbonyl (C=O) groups is 6. The molecule has 39 heteroatoms. The number of amides is 6. The number of aromatic nitrogens is 4. The molecule has 0 unspecified atom stereocenters. The van der Waals surface area contributed by atoms with Crippen molar-refractivity contribution in [1.82, 2.24) is 80.8 Å². The topological polar surface area (TPSA) is 320 Å². The molecule has 8 fully saturated rings. The van der Waals surface area contributed by atoms with Gasteiger partial charge in [-0.3, -0.25) is 62.8 Å². The minimum absolute atomic E-state index is 0.00495. The van der Waals surface area contributed by atoms with E-state index in [1.807, 2.05) is 61.3 Å². The van der Waals surface area contributed by atoms with E-state index in [2.05, 4.69) is 84.8 Å². The lowest BCUT2D eigenvalue weighted by Gasteiger charge is -2.47. The molecule has 0 atom stereocenters. The van der Waals surface area contributed by atoms with Crippen molar-refractivity contribution in [2.75, 3.05) is 78.5 Å². The third-order valence-electron chi connectivity index (χ3n) is 26.8. The van der Waals surface area contributed by atoms with E-state index in [1.165, 1.54) is 48.5 Å². The normalized spacial score (nSPS) is 21.3. The molecule has 8 aliphatic rings. The van der Waals surface area contributed by atoms with Gasteiger partial charge in [-0.15, -0.1) is 0 Å². The lowest BCUT2D eigenvalue weighted by molar-refractivity contribution is -0.138. The number of carbonyl (C=O) groups excluding carboxylic acids is 6. The van der Waals surface area contributed by atoms with Crippen molar-refractivity contribution in [2.24, 2.45) is 0 Å². The largest absolute Gasteiger partial charge is 0.508 e. The van der Waals surface area contributed by atoms with E-state index in [4.69, 9.17) is 4.74 Å². The molecule has 4 aromatic carbocycles. The number of nitrogens with one attached hydrogen (secondary N) is 8. The highest BCUT2D eigenvalue weighted by molar-refractivity contribution is 5.98. The maximum absolute atomic E-state index is 12.9. The van der Waals surface area contributed by atoms with Gasteiger partial charge >= 0.3 is 24.7 Å². The monoisotopic (exact) mass is 1940 g/mol. The standard InChI is InChI=1S/2C26H31F3N4O2.C24H27F3N4O4.C24H27F3N4O3/c1-17-5-4-12-33(25(17)35)23-10-8-22(9-11-23)32-15-21(16-32)31-18(2)14-30-24(34)19-6-3-7-20(13-19)26(27,28)29;1-17-5-4-12-30-25(17)35-23-10-8-22(9-11-23)33-15-21(16-33)32-18(2)14-31-24(34)19-6-3-7-20(13-19)26(27,28)29;25-24(26,27)16-3-1-2-15(10-16)23(35)28-12-21(33)29-17-13-30(14-17)18-4-6-19(7-5-18)31-9-8-20(32)11-22(31)34;25-24(26,27)17-3-1-2-16(12-17)23(34)28-13-22(33)29-18-14-31(15-18)20-6-4-19(5-7-20)30-10-8-21(32)9-11-30/h3-7,12-13,21-23,31H,2,8-11,14-16H2,1H3,(H,30,34);3-7,12-13,21-23,32H,2,8-11,14-16H2,1H3,(H,31,34);1-3,8-11,17-19,32H,4-7,12-14H2,(H,28,35)(H,29,33);1-3,8-12,18-20H,4-7,13-15H2,(H,28,34)(H,29,33). The highest BCUT2D eigenvalue weighted by Gasteiger charge is 2.42. The van der Waals surface area contributed by atoms with Crippen molar-refractivity contribution in [1.29, 1.82) is 0 Å². The number of nitrogens with zero attached hydrogens (tertiary/aromatic N) is 8. The van der Waals surface area contributed by atoms with Crippen LogP contribution in [0.25, 0.3) is 0 Å². The lowest BCUT2D eigenvalue weighted by Crippen LogP contribution is -2.63. The first kappa shape index (κ1) is 104. The van der Waals surface area contributed by atoms with Gasteiger partial charge in [0.15, 0.2) is 5.43 Å². The molecule has 0 radical (unpaired) electrons. The summed E-state index contributed by atoms with van der Waals surface area (Å²) in [5, 5.41) is 31.7. The Balaban J connectivity index is 0.000000156. The summed E-state index contributed by atoms with van der Waals surface area (Å²) in [7, 11) is 0. The second kappa shape index (κ2) is 46.4. The molecule has 4 saturated carbocycles. The fourth-order valence-electron chi connectivity index (χ4n) is 19.1. The lowest BCUT2D eigenvalue weighted by atomic mass is 9.87. The molecule has 6 amide bonds. The average Bonchev–Trinajstić information content (AvgIpc) is 0.791. The molecule has 746 valence electrons. The van der Waals surface area contributed by atoms with Gasteiger partial charge in [0.05, 0.1) is 72.6 Å². The summed E-state index contributed by atoms with van der Waals surface area (Å²) in [6.07, 6.45) is 7.03. The molecule has 9 N–H and O–H groups in total. The second-order valence-corrected chi connectivity index (χ2v) is 36.9. The summed E-state index contributed by atoms with van der Waals surface area (Å²) in [4.78, 5) is 123. The molecule has 4 saturated heterocycles. The Morgan fingerprint density at radius 3 is 1.06 bits per heavy atom. The van der Waals surface area contributed by atoms with Gasteiger partial charge in [0, 0.05) is 189 Å². The van der Waals surface area contributed by atoms with Crippen LogP contribution in [0.15, 0.2) is 216 Å². The summed E-state index contributed by atoms with van der Waals surface area (Å²) in [5.74, 6) is -2.68. The molecule has 4 aliphatic heterocycles. The number of rotatable bonds is 27. The van der Waals surface area contributed by atoms with E-state index >= 15 is 0 Å². The van der Waals surface area contributed by atoms with Crippen LogP contribution in [-0.2, 0) is 34.3 Å². The highest BCUT2D eigenvalue weighted by Crippen LogP contribution is 2.39. The van der Waals surface area contributed by atoms with Gasteiger partial charge in [0.1, 0.15) is 11.9 Å². The van der Waals surface area contributed by atoms with Gasteiger partial charge < -0.3 is 66.1 Å². The zero-order chi connectivity index (χ0) is 99.6. The Morgan fingerprint density at radius 2 is 0.705 bits per heavy atom. The number of aromatic hydroxyl groups is 1. The van der Waals surface area contributed by atoms with E-state index in [-0.39, 0.29) is 119 Å². The van der Waals surface area contributed by atoms with Crippen molar-refractivity contribution < 1.29 is 91.3 Å². The Morgan fingerprint density at radius 1 is 0.374 bits per heavy atom. The van der Waals surface area contributed by atoms with Gasteiger partial charge in [-0.1, -0.05) is 49.6 Å².